The van der Waals surface area contributed by atoms with E-state index in [2.05, 4.69) is 5.32 Å². The molecule has 2 aromatic carbocycles. The van der Waals surface area contributed by atoms with Crippen molar-refractivity contribution in [3.8, 4) is 0 Å². The Morgan fingerprint density at radius 3 is 2.40 bits per heavy atom. The Morgan fingerprint density at radius 1 is 1.00 bits per heavy atom. The van der Waals surface area contributed by atoms with Gasteiger partial charge >= 0.3 is 0 Å². The normalized spacial score (nSPS) is 12.7. The minimum absolute atomic E-state index is 0.0164. The molecule has 1 unspecified atom stereocenters. The third kappa shape index (κ3) is 3.84. The number of hydrogen-bond donors (Lipinski definition) is 1. The molecule has 2 aromatic rings. The van der Waals surface area contributed by atoms with Gasteiger partial charge in [0.25, 0.3) is 6.43 Å². The van der Waals surface area contributed by atoms with Crippen molar-refractivity contribution in [1.29, 1.82) is 0 Å². The maximum absolute atomic E-state index is 13.1. The Balaban J connectivity index is 1.99. The quantitative estimate of drug-likeness (QED) is 0.842. The van der Waals surface area contributed by atoms with Gasteiger partial charge < -0.3 is 5.32 Å². The molecule has 0 amide bonds. The maximum Gasteiger partial charge on any atom is 0.263 e. The monoisotopic (exact) mass is 279 g/mol. The Bertz CT molecular complexity index is 569. The van der Waals surface area contributed by atoms with E-state index in [9.17, 15) is 13.2 Å². The van der Waals surface area contributed by atoms with Crippen molar-refractivity contribution < 1.29 is 13.2 Å². The van der Waals surface area contributed by atoms with Crippen LogP contribution in [0.25, 0.3) is 0 Å². The summed E-state index contributed by atoms with van der Waals surface area (Å²) in [6.07, 6.45) is -2.46. The minimum Gasteiger partial charge on any atom is -0.306 e. The molecule has 1 atom stereocenters. The van der Waals surface area contributed by atoms with Crippen molar-refractivity contribution in [2.24, 2.45) is 0 Å². The van der Waals surface area contributed by atoms with E-state index in [1.54, 1.807) is 18.2 Å². The summed E-state index contributed by atoms with van der Waals surface area (Å²) < 4.78 is 38.3. The van der Waals surface area contributed by atoms with E-state index >= 15 is 0 Å². The lowest BCUT2D eigenvalue weighted by Gasteiger charge is -2.15. The van der Waals surface area contributed by atoms with E-state index in [0.29, 0.717) is 6.54 Å². The lowest BCUT2D eigenvalue weighted by atomic mass is 10.1. The maximum atomic E-state index is 13.1. The van der Waals surface area contributed by atoms with Gasteiger partial charge in [-0.1, -0.05) is 30.3 Å². The fourth-order valence-electron chi connectivity index (χ4n) is 2.00. The first-order valence-electron chi connectivity index (χ1n) is 6.42. The Kier molecular flexibility index (Phi) is 4.79. The zero-order valence-corrected chi connectivity index (χ0v) is 11.1. The van der Waals surface area contributed by atoms with Crippen molar-refractivity contribution in [1.82, 2.24) is 5.32 Å². The van der Waals surface area contributed by atoms with Gasteiger partial charge in [-0.3, -0.25) is 0 Å². The summed E-state index contributed by atoms with van der Waals surface area (Å²) >= 11 is 0. The van der Waals surface area contributed by atoms with E-state index < -0.39 is 6.43 Å². The molecule has 0 saturated heterocycles. The smallest absolute Gasteiger partial charge is 0.263 e. The summed E-state index contributed by atoms with van der Waals surface area (Å²) in [6.45, 7) is 2.37. The highest BCUT2D eigenvalue weighted by Gasteiger charge is 2.09. The van der Waals surface area contributed by atoms with Crippen LogP contribution in [-0.2, 0) is 6.54 Å². The van der Waals surface area contributed by atoms with E-state index in [0.717, 1.165) is 11.1 Å². The molecule has 0 fully saturated rings. The van der Waals surface area contributed by atoms with Crippen LogP contribution in [0.4, 0.5) is 13.2 Å². The van der Waals surface area contributed by atoms with Gasteiger partial charge in [-0.15, -0.1) is 0 Å². The number of nitrogens with one attached hydrogen (secondary N) is 1. The first kappa shape index (κ1) is 14.6. The number of halogens is 3. The highest BCUT2D eigenvalue weighted by atomic mass is 19.3. The van der Waals surface area contributed by atoms with E-state index in [1.807, 2.05) is 13.0 Å². The third-order valence-electron chi connectivity index (χ3n) is 3.16. The van der Waals surface area contributed by atoms with Crippen molar-refractivity contribution >= 4 is 0 Å². The molecule has 2 rings (SSSR count). The van der Waals surface area contributed by atoms with E-state index in [-0.39, 0.29) is 17.4 Å². The fourth-order valence-corrected chi connectivity index (χ4v) is 2.00. The molecule has 1 nitrogen and oxygen atoms in total. The number of hydrogen-bond acceptors (Lipinski definition) is 1. The molecular formula is C16H16F3N. The first-order valence-corrected chi connectivity index (χ1v) is 6.42. The molecule has 0 aliphatic heterocycles. The third-order valence-corrected chi connectivity index (χ3v) is 3.16. The van der Waals surface area contributed by atoms with Crippen LogP contribution in [0.2, 0.25) is 0 Å². The highest BCUT2D eigenvalue weighted by molar-refractivity contribution is 5.25. The molecule has 0 aromatic heterocycles. The largest absolute Gasteiger partial charge is 0.306 e. The Morgan fingerprint density at radius 2 is 1.70 bits per heavy atom. The van der Waals surface area contributed by atoms with Gasteiger partial charge in [-0.25, -0.2) is 13.2 Å². The summed E-state index contributed by atoms with van der Waals surface area (Å²) in [6, 6.07) is 12.6. The topological polar surface area (TPSA) is 12.0 Å². The minimum atomic E-state index is -2.46. The van der Waals surface area contributed by atoms with Crippen LogP contribution >= 0.6 is 0 Å². The second-order valence-corrected chi connectivity index (χ2v) is 4.70. The fraction of sp³-hybridized carbons (Fsp3) is 0.250. The summed E-state index contributed by atoms with van der Waals surface area (Å²) in [5.41, 5.74) is 1.63. The Hall–Kier alpha value is -1.81. The number of benzene rings is 2. The predicted octanol–water partition coefficient (Wildman–Crippen LogP) is 4.61. The van der Waals surface area contributed by atoms with Crippen molar-refractivity contribution in [2.75, 3.05) is 0 Å². The van der Waals surface area contributed by atoms with Crippen LogP contribution in [-0.4, -0.2) is 0 Å². The molecule has 0 bridgehead atoms. The van der Waals surface area contributed by atoms with Gasteiger partial charge in [-0.05, 0) is 36.2 Å². The van der Waals surface area contributed by atoms with Crippen LogP contribution in [0.15, 0.2) is 48.5 Å². The summed E-state index contributed by atoms with van der Waals surface area (Å²) in [5, 5.41) is 3.20. The standard InChI is InChI=1S/C16H16F3N/c1-11(13-5-3-7-15(17)9-13)20-10-12-4-2-6-14(8-12)16(18)19/h2-9,11,16,20H,10H2,1H3. The van der Waals surface area contributed by atoms with Gasteiger partial charge in [0.1, 0.15) is 5.82 Å². The average Bonchev–Trinajstić information content (AvgIpc) is 2.45. The zero-order chi connectivity index (χ0) is 14.5. The van der Waals surface area contributed by atoms with E-state index in [4.69, 9.17) is 0 Å². The van der Waals surface area contributed by atoms with Gasteiger partial charge in [0.05, 0.1) is 0 Å². The Labute approximate surface area is 116 Å². The van der Waals surface area contributed by atoms with Crippen molar-refractivity contribution in [2.45, 2.75) is 25.9 Å². The molecule has 0 aliphatic rings. The predicted molar refractivity (Wildman–Crippen MR) is 73.1 cm³/mol. The molecule has 0 spiro atoms. The van der Waals surface area contributed by atoms with Crippen molar-refractivity contribution in [3.05, 3.63) is 71.0 Å². The molecule has 106 valence electrons. The van der Waals surface area contributed by atoms with Crippen LogP contribution in [0.3, 0.4) is 0 Å². The van der Waals surface area contributed by atoms with Crippen LogP contribution < -0.4 is 5.32 Å². The van der Waals surface area contributed by atoms with Crippen LogP contribution in [0.5, 0.6) is 0 Å². The lowest BCUT2D eigenvalue weighted by Crippen LogP contribution is -2.18. The molecule has 0 radical (unpaired) electrons. The average molecular weight is 279 g/mol. The summed E-state index contributed by atoms with van der Waals surface area (Å²) in [7, 11) is 0. The van der Waals surface area contributed by atoms with Gasteiger partial charge in [0, 0.05) is 18.2 Å². The molecule has 0 heterocycles. The summed E-state index contributed by atoms with van der Waals surface area (Å²) in [4.78, 5) is 0. The van der Waals surface area contributed by atoms with Crippen LogP contribution in [0, 0.1) is 5.82 Å². The molecule has 0 saturated carbocycles. The lowest BCUT2D eigenvalue weighted by molar-refractivity contribution is 0.151. The zero-order valence-electron chi connectivity index (χ0n) is 11.1. The highest BCUT2D eigenvalue weighted by Crippen LogP contribution is 2.20. The molecule has 20 heavy (non-hydrogen) atoms. The second-order valence-electron chi connectivity index (χ2n) is 4.70. The summed E-state index contributed by atoms with van der Waals surface area (Å²) in [5.74, 6) is -0.282. The van der Waals surface area contributed by atoms with Crippen molar-refractivity contribution in [3.63, 3.8) is 0 Å². The molecule has 0 aliphatic carbocycles. The molecular weight excluding hydrogens is 263 g/mol. The second kappa shape index (κ2) is 6.57. The number of alkyl halides is 2. The van der Waals surface area contributed by atoms with Gasteiger partial charge in [0.15, 0.2) is 0 Å². The molecule has 1 N–H and O–H groups in total. The first-order chi connectivity index (χ1) is 9.56. The van der Waals surface area contributed by atoms with Crippen LogP contribution in [0.1, 0.15) is 36.1 Å². The van der Waals surface area contributed by atoms with Gasteiger partial charge in [-0.2, -0.15) is 0 Å². The SMILES string of the molecule is CC(NCc1cccc(C(F)F)c1)c1cccc(F)c1. The molecule has 4 heteroatoms. The van der Waals surface area contributed by atoms with E-state index in [1.165, 1.54) is 24.3 Å². The van der Waals surface area contributed by atoms with Gasteiger partial charge in [0.2, 0.25) is 0 Å². The number of rotatable bonds is 5.